The van der Waals surface area contributed by atoms with Crippen molar-refractivity contribution < 1.29 is 14.3 Å². The smallest absolute Gasteiger partial charge is 0.323 e. The van der Waals surface area contributed by atoms with Crippen LogP contribution in [0.25, 0.3) is 0 Å². The largest absolute Gasteiger partial charge is 0.493 e. The number of urea groups is 1. The van der Waals surface area contributed by atoms with E-state index in [1.165, 1.54) is 5.56 Å². The lowest BCUT2D eigenvalue weighted by molar-refractivity contribution is 0.262. The molecule has 1 aliphatic heterocycles. The van der Waals surface area contributed by atoms with E-state index >= 15 is 0 Å². The number of hydrogen-bond acceptors (Lipinski definition) is 4. The quantitative estimate of drug-likeness (QED) is 0.453. The van der Waals surface area contributed by atoms with Gasteiger partial charge in [-0.15, -0.1) is 0 Å². The molecule has 34 heavy (non-hydrogen) atoms. The zero-order valence-corrected chi connectivity index (χ0v) is 20.1. The van der Waals surface area contributed by atoms with E-state index in [-0.39, 0.29) is 6.03 Å². The Kier molecular flexibility index (Phi) is 7.16. The fourth-order valence-electron chi connectivity index (χ4n) is 4.24. The molecule has 2 N–H and O–H groups in total. The number of ether oxygens (including phenoxy) is 2. The summed E-state index contributed by atoms with van der Waals surface area (Å²) in [6.45, 7) is 4.98. The van der Waals surface area contributed by atoms with Gasteiger partial charge in [0.1, 0.15) is 0 Å². The fourth-order valence-corrected chi connectivity index (χ4v) is 4.24. The lowest BCUT2D eigenvalue weighted by atomic mass is 9.93. The summed E-state index contributed by atoms with van der Waals surface area (Å²) in [6, 6.07) is 19.6. The molecule has 0 aliphatic carbocycles. The molecule has 176 valence electrons. The summed E-state index contributed by atoms with van der Waals surface area (Å²) < 4.78 is 10.9. The monoisotopic (exact) mass is 457 g/mol. The van der Waals surface area contributed by atoms with E-state index in [1.807, 2.05) is 60.7 Å². The van der Waals surface area contributed by atoms with E-state index in [9.17, 15) is 4.79 Å². The maximum Gasteiger partial charge on any atom is 0.323 e. The van der Waals surface area contributed by atoms with E-state index in [1.54, 1.807) is 14.2 Å². The minimum absolute atomic E-state index is 0.257. The third-order valence-corrected chi connectivity index (χ3v) is 6.02. The number of nitrogens with one attached hydrogen (secondary N) is 2. The fraction of sp³-hybridized carbons (Fsp3) is 0.286. The van der Waals surface area contributed by atoms with Crippen LogP contribution in [0.1, 0.15) is 42.0 Å². The van der Waals surface area contributed by atoms with Crippen LogP contribution >= 0.6 is 0 Å². The minimum Gasteiger partial charge on any atom is -0.493 e. The molecule has 0 spiro atoms. The van der Waals surface area contributed by atoms with Crippen LogP contribution in [0.5, 0.6) is 11.5 Å². The Balaban J connectivity index is 1.43. The number of amides is 2. The van der Waals surface area contributed by atoms with Gasteiger partial charge in [0.05, 0.1) is 14.2 Å². The summed E-state index contributed by atoms with van der Waals surface area (Å²) in [6.07, 6.45) is 1.59. The molecule has 4 rings (SSSR count). The highest BCUT2D eigenvalue weighted by atomic mass is 16.5. The predicted octanol–water partition coefficient (Wildman–Crippen LogP) is 6.06. The van der Waals surface area contributed by atoms with E-state index in [0.29, 0.717) is 18.1 Å². The van der Waals surface area contributed by atoms with Crippen molar-refractivity contribution in [1.82, 2.24) is 0 Å². The molecule has 2 amide bonds. The Morgan fingerprint density at radius 3 is 2.38 bits per heavy atom. The summed E-state index contributed by atoms with van der Waals surface area (Å²) in [5.41, 5.74) is 7.15. The number of benzene rings is 3. The van der Waals surface area contributed by atoms with Gasteiger partial charge in [-0.2, -0.15) is 0 Å². The molecule has 6 nitrogen and oxygen atoms in total. The van der Waals surface area contributed by atoms with Gasteiger partial charge < -0.3 is 20.1 Å². The highest BCUT2D eigenvalue weighted by molar-refractivity contribution is 6.04. The standard InChI is InChI=1S/C28H31N3O3/c1-18(2)22-7-5-6-8-24(22)31-28(32)30-21-11-9-19(10-12-21)15-25-23-17-27(34-4)26(33-3)16-20(23)13-14-29-25/h5-12,16-18H,13-15H2,1-4H3,(H2,30,31,32). The molecule has 0 atom stereocenters. The summed E-state index contributed by atoms with van der Waals surface area (Å²) >= 11 is 0. The number of anilines is 2. The number of rotatable bonds is 7. The normalized spacial score (nSPS) is 12.6. The van der Waals surface area contributed by atoms with Crippen molar-refractivity contribution in [3.8, 4) is 11.5 Å². The SMILES string of the molecule is COc1cc2c(cc1OC)C(Cc1ccc(NC(=O)Nc3ccccc3C(C)C)cc1)=NCC2. The van der Waals surface area contributed by atoms with Crippen molar-refractivity contribution in [2.24, 2.45) is 4.99 Å². The number of aliphatic imine (C=N–C) groups is 1. The van der Waals surface area contributed by atoms with Gasteiger partial charge in [-0.1, -0.05) is 44.2 Å². The van der Waals surface area contributed by atoms with Crippen molar-refractivity contribution >= 4 is 23.1 Å². The maximum atomic E-state index is 12.5. The Hall–Kier alpha value is -3.80. The van der Waals surface area contributed by atoms with Crippen LogP contribution in [0.2, 0.25) is 0 Å². The molecule has 0 saturated carbocycles. The number of para-hydroxylation sites is 1. The average Bonchev–Trinajstić information content (AvgIpc) is 2.84. The Morgan fingerprint density at radius 2 is 1.68 bits per heavy atom. The van der Waals surface area contributed by atoms with Gasteiger partial charge in [-0.3, -0.25) is 4.99 Å². The highest BCUT2D eigenvalue weighted by Crippen LogP contribution is 2.33. The molecule has 1 aliphatic rings. The Labute approximate surface area is 201 Å². The second-order valence-corrected chi connectivity index (χ2v) is 8.64. The Morgan fingerprint density at radius 1 is 0.971 bits per heavy atom. The van der Waals surface area contributed by atoms with E-state index < -0.39 is 0 Å². The first-order chi connectivity index (χ1) is 16.5. The molecule has 6 heteroatoms. The molecule has 0 bridgehead atoms. The van der Waals surface area contributed by atoms with Gasteiger partial charge in [0.2, 0.25) is 0 Å². The summed E-state index contributed by atoms with van der Waals surface area (Å²) in [7, 11) is 3.30. The lowest BCUT2D eigenvalue weighted by Crippen LogP contribution is -2.20. The molecule has 0 radical (unpaired) electrons. The van der Waals surface area contributed by atoms with Crippen molar-refractivity contribution in [1.29, 1.82) is 0 Å². The van der Waals surface area contributed by atoms with Crippen LogP contribution in [0.15, 0.2) is 65.7 Å². The van der Waals surface area contributed by atoms with Crippen LogP contribution in [-0.2, 0) is 12.8 Å². The first-order valence-corrected chi connectivity index (χ1v) is 11.5. The number of nitrogens with zero attached hydrogens (tertiary/aromatic N) is 1. The van der Waals surface area contributed by atoms with Crippen LogP contribution in [-0.4, -0.2) is 32.5 Å². The zero-order valence-electron chi connectivity index (χ0n) is 20.1. The molecule has 0 saturated heterocycles. The first kappa shape index (κ1) is 23.4. The van der Waals surface area contributed by atoms with Crippen LogP contribution < -0.4 is 20.1 Å². The maximum absolute atomic E-state index is 12.5. The van der Waals surface area contributed by atoms with Crippen molar-refractivity contribution in [3.05, 3.63) is 82.9 Å². The zero-order chi connectivity index (χ0) is 24.1. The first-order valence-electron chi connectivity index (χ1n) is 11.5. The summed E-state index contributed by atoms with van der Waals surface area (Å²) in [5, 5.41) is 5.88. The number of carbonyl (C=O) groups excluding carboxylic acids is 1. The molecular formula is C28H31N3O3. The number of hydrogen-bond donors (Lipinski definition) is 2. The van der Waals surface area contributed by atoms with Crippen LogP contribution in [0.3, 0.4) is 0 Å². The van der Waals surface area contributed by atoms with Gasteiger partial charge in [0.15, 0.2) is 11.5 Å². The van der Waals surface area contributed by atoms with E-state index in [0.717, 1.165) is 52.5 Å². The number of fused-ring (bicyclic) bond motifs is 1. The van der Waals surface area contributed by atoms with E-state index in [2.05, 4.69) is 24.5 Å². The van der Waals surface area contributed by atoms with Gasteiger partial charge >= 0.3 is 6.03 Å². The molecule has 3 aromatic rings. The summed E-state index contributed by atoms with van der Waals surface area (Å²) in [4.78, 5) is 17.3. The van der Waals surface area contributed by atoms with Crippen LogP contribution in [0.4, 0.5) is 16.2 Å². The topological polar surface area (TPSA) is 72.0 Å². The molecule has 0 aromatic heterocycles. The third-order valence-electron chi connectivity index (χ3n) is 6.02. The molecule has 0 unspecified atom stereocenters. The third kappa shape index (κ3) is 5.22. The predicted molar refractivity (Wildman–Crippen MR) is 138 cm³/mol. The van der Waals surface area contributed by atoms with Gasteiger partial charge in [0, 0.05) is 35.6 Å². The molecular weight excluding hydrogens is 426 g/mol. The number of methoxy groups -OCH3 is 2. The lowest BCUT2D eigenvalue weighted by Gasteiger charge is -2.20. The van der Waals surface area contributed by atoms with E-state index in [4.69, 9.17) is 14.5 Å². The molecule has 1 heterocycles. The van der Waals surface area contributed by atoms with Crippen molar-refractivity contribution in [2.45, 2.75) is 32.6 Å². The van der Waals surface area contributed by atoms with Crippen molar-refractivity contribution in [3.63, 3.8) is 0 Å². The molecule has 3 aromatic carbocycles. The second kappa shape index (κ2) is 10.4. The van der Waals surface area contributed by atoms with Gasteiger partial charge in [-0.05, 0) is 59.4 Å². The highest BCUT2D eigenvalue weighted by Gasteiger charge is 2.19. The van der Waals surface area contributed by atoms with Gasteiger partial charge in [-0.25, -0.2) is 4.79 Å². The minimum atomic E-state index is -0.257. The van der Waals surface area contributed by atoms with Crippen molar-refractivity contribution in [2.75, 3.05) is 31.4 Å². The number of carbonyl (C=O) groups is 1. The second-order valence-electron chi connectivity index (χ2n) is 8.64. The Bertz CT molecular complexity index is 1200. The average molecular weight is 458 g/mol. The molecule has 0 fully saturated rings. The summed E-state index contributed by atoms with van der Waals surface area (Å²) in [5.74, 6) is 1.78. The van der Waals surface area contributed by atoms with Gasteiger partial charge in [0.25, 0.3) is 0 Å². The van der Waals surface area contributed by atoms with Crippen LogP contribution in [0, 0.1) is 0 Å².